The smallest absolute Gasteiger partial charge is 0.282 e. The topological polar surface area (TPSA) is 61.9 Å². The number of benzene rings is 2. The molecule has 1 atom stereocenters. The molecule has 0 saturated carbocycles. The first-order valence-electron chi connectivity index (χ1n) is 9.22. The summed E-state index contributed by atoms with van der Waals surface area (Å²) in [7, 11) is -2.01. The van der Waals surface area contributed by atoms with E-state index in [0.717, 1.165) is 11.1 Å². The lowest BCUT2D eigenvalue weighted by Gasteiger charge is -2.38. The zero-order valence-electron chi connectivity index (χ0n) is 15.8. The van der Waals surface area contributed by atoms with Gasteiger partial charge in [-0.15, -0.1) is 0 Å². The molecule has 146 valence electrons. The van der Waals surface area contributed by atoms with Crippen LogP contribution in [0.15, 0.2) is 54.6 Å². The molecular weight excluding hydrogens is 362 g/mol. The minimum Gasteiger partial charge on any atom is -0.496 e. The van der Waals surface area contributed by atoms with Crippen LogP contribution in [0.25, 0.3) is 0 Å². The van der Waals surface area contributed by atoms with Crippen molar-refractivity contribution in [2.75, 3.05) is 33.3 Å². The number of nitrogens with zero attached hydrogens (tertiary/aromatic N) is 2. The molecule has 1 aliphatic heterocycles. The lowest BCUT2D eigenvalue weighted by atomic mass is 10.0. The van der Waals surface area contributed by atoms with Crippen LogP contribution in [0.1, 0.15) is 24.1 Å². The van der Waals surface area contributed by atoms with E-state index in [2.05, 4.69) is 5.32 Å². The molecular formula is C20H27N3O3S. The van der Waals surface area contributed by atoms with Gasteiger partial charge in [-0.2, -0.15) is 17.0 Å². The molecule has 1 fully saturated rings. The summed E-state index contributed by atoms with van der Waals surface area (Å²) in [4.78, 5) is 0. The number of hydrogen-bond acceptors (Lipinski definition) is 4. The van der Waals surface area contributed by atoms with Gasteiger partial charge in [-0.3, -0.25) is 0 Å². The predicted molar refractivity (Wildman–Crippen MR) is 107 cm³/mol. The van der Waals surface area contributed by atoms with E-state index in [1.807, 2.05) is 61.5 Å². The van der Waals surface area contributed by atoms with Crippen molar-refractivity contribution in [2.24, 2.45) is 0 Å². The van der Waals surface area contributed by atoms with Gasteiger partial charge < -0.3 is 10.1 Å². The van der Waals surface area contributed by atoms with E-state index in [4.69, 9.17) is 4.74 Å². The maximum Gasteiger partial charge on any atom is 0.282 e. The quantitative estimate of drug-likeness (QED) is 0.790. The minimum atomic E-state index is -3.62. The summed E-state index contributed by atoms with van der Waals surface area (Å²) in [5.74, 6) is 0.706. The van der Waals surface area contributed by atoms with Gasteiger partial charge in [0, 0.05) is 38.3 Å². The maximum absolute atomic E-state index is 13.5. The van der Waals surface area contributed by atoms with Crippen molar-refractivity contribution in [3.05, 3.63) is 65.7 Å². The molecule has 0 radical (unpaired) electrons. The summed E-state index contributed by atoms with van der Waals surface area (Å²) in [6, 6.07) is 17.0. The molecule has 0 amide bonds. The van der Waals surface area contributed by atoms with Crippen LogP contribution in [0.5, 0.6) is 5.75 Å². The van der Waals surface area contributed by atoms with Crippen molar-refractivity contribution in [3.63, 3.8) is 0 Å². The zero-order chi connectivity index (χ0) is 19.3. The molecule has 1 heterocycles. The van der Waals surface area contributed by atoms with E-state index in [0.29, 0.717) is 38.5 Å². The molecule has 1 aliphatic rings. The fourth-order valence-corrected chi connectivity index (χ4v) is 5.23. The average molecular weight is 390 g/mol. The molecule has 1 saturated heterocycles. The van der Waals surface area contributed by atoms with Crippen LogP contribution in [0.3, 0.4) is 0 Å². The largest absolute Gasteiger partial charge is 0.496 e. The lowest BCUT2D eigenvalue weighted by Crippen LogP contribution is -2.53. The summed E-state index contributed by atoms with van der Waals surface area (Å²) in [5.41, 5.74) is 1.86. The first-order valence-corrected chi connectivity index (χ1v) is 10.6. The molecule has 3 rings (SSSR count). The second-order valence-electron chi connectivity index (χ2n) is 6.49. The van der Waals surface area contributed by atoms with Gasteiger partial charge in [0.2, 0.25) is 0 Å². The Hall–Kier alpha value is -1.93. The highest BCUT2D eigenvalue weighted by Gasteiger charge is 2.37. The van der Waals surface area contributed by atoms with Gasteiger partial charge in [-0.05, 0) is 11.6 Å². The number of methoxy groups -OCH3 is 1. The van der Waals surface area contributed by atoms with Crippen LogP contribution in [0.2, 0.25) is 0 Å². The Kier molecular flexibility index (Phi) is 6.49. The Balaban J connectivity index is 1.92. The van der Waals surface area contributed by atoms with Gasteiger partial charge in [-0.25, -0.2) is 0 Å². The summed E-state index contributed by atoms with van der Waals surface area (Å²) >= 11 is 0. The molecule has 0 bridgehead atoms. The van der Waals surface area contributed by atoms with Crippen molar-refractivity contribution >= 4 is 10.2 Å². The fraction of sp³-hybridized carbons (Fsp3) is 0.400. The van der Waals surface area contributed by atoms with Crippen molar-refractivity contribution in [3.8, 4) is 5.75 Å². The van der Waals surface area contributed by atoms with Gasteiger partial charge >= 0.3 is 0 Å². The van der Waals surface area contributed by atoms with Crippen LogP contribution in [-0.2, 0) is 16.8 Å². The van der Waals surface area contributed by atoms with E-state index in [9.17, 15) is 8.42 Å². The minimum absolute atomic E-state index is 0.301. The molecule has 0 aliphatic carbocycles. The van der Waals surface area contributed by atoms with Crippen molar-refractivity contribution in [1.29, 1.82) is 0 Å². The number of ether oxygens (including phenoxy) is 1. The highest BCUT2D eigenvalue weighted by molar-refractivity contribution is 7.86. The first-order chi connectivity index (χ1) is 13.1. The first kappa shape index (κ1) is 19.8. The van der Waals surface area contributed by atoms with Crippen molar-refractivity contribution in [1.82, 2.24) is 13.9 Å². The summed E-state index contributed by atoms with van der Waals surface area (Å²) < 4.78 is 35.6. The number of piperazine rings is 1. The fourth-order valence-electron chi connectivity index (χ4n) is 3.46. The van der Waals surface area contributed by atoms with Crippen LogP contribution in [0.4, 0.5) is 0 Å². The van der Waals surface area contributed by atoms with Crippen molar-refractivity contribution in [2.45, 2.75) is 19.5 Å². The van der Waals surface area contributed by atoms with Gasteiger partial charge in [0.05, 0.1) is 13.2 Å². The molecule has 7 heteroatoms. The highest BCUT2D eigenvalue weighted by atomic mass is 32.2. The van der Waals surface area contributed by atoms with E-state index >= 15 is 0 Å². The molecule has 1 unspecified atom stereocenters. The number of nitrogens with one attached hydrogen (secondary N) is 1. The normalized spacial score (nSPS) is 18.6. The van der Waals surface area contributed by atoms with Crippen molar-refractivity contribution < 1.29 is 13.2 Å². The summed E-state index contributed by atoms with van der Waals surface area (Å²) in [6.07, 6.45) is 0. The third-order valence-electron chi connectivity index (χ3n) is 4.87. The van der Waals surface area contributed by atoms with Crippen LogP contribution < -0.4 is 10.1 Å². The van der Waals surface area contributed by atoms with E-state index < -0.39 is 10.2 Å². The van der Waals surface area contributed by atoms with Crippen LogP contribution in [-0.4, -0.2) is 50.3 Å². The molecule has 2 aromatic rings. The second kappa shape index (κ2) is 8.84. The number of para-hydroxylation sites is 1. The van der Waals surface area contributed by atoms with E-state index in [1.165, 1.54) is 4.31 Å². The van der Waals surface area contributed by atoms with Gasteiger partial charge in [0.15, 0.2) is 0 Å². The number of rotatable bonds is 7. The lowest BCUT2D eigenvalue weighted by molar-refractivity contribution is 0.241. The Morgan fingerprint density at radius 1 is 1.15 bits per heavy atom. The highest BCUT2D eigenvalue weighted by Crippen LogP contribution is 2.33. The Morgan fingerprint density at radius 2 is 1.85 bits per heavy atom. The second-order valence-corrected chi connectivity index (χ2v) is 8.37. The van der Waals surface area contributed by atoms with Gasteiger partial charge in [-0.1, -0.05) is 55.5 Å². The van der Waals surface area contributed by atoms with E-state index in [1.54, 1.807) is 11.4 Å². The summed E-state index contributed by atoms with van der Waals surface area (Å²) in [6.45, 7) is 4.27. The molecule has 1 N–H and O–H groups in total. The average Bonchev–Trinajstić information content (AvgIpc) is 2.72. The maximum atomic E-state index is 13.5. The molecule has 0 spiro atoms. The molecule has 27 heavy (non-hydrogen) atoms. The SMILES string of the molecule is CCN(Cc1ccccc1)S(=O)(=O)N1CCNCC1c1ccccc1OC. The standard InChI is InChI=1S/C20H27N3O3S/c1-3-22(16-17-9-5-4-6-10-17)27(24,25)23-14-13-21-15-19(23)18-11-7-8-12-20(18)26-2/h4-12,19,21H,3,13-16H2,1-2H3. The molecule has 2 aromatic carbocycles. The Labute approximate surface area is 161 Å². The molecule has 0 aromatic heterocycles. The van der Waals surface area contributed by atoms with Gasteiger partial charge in [0.25, 0.3) is 10.2 Å². The number of hydrogen-bond donors (Lipinski definition) is 1. The third-order valence-corrected chi connectivity index (χ3v) is 6.94. The zero-order valence-corrected chi connectivity index (χ0v) is 16.7. The monoisotopic (exact) mass is 389 g/mol. The van der Waals surface area contributed by atoms with E-state index in [-0.39, 0.29) is 6.04 Å². The van der Waals surface area contributed by atoms with Crippen LogP contribution >= 0.6 is 0 Å². The Morgan fingerprint density at radius 3 is 2.56 bits per heavy atom. The molecule has 6 nitrogen and oxygen atoms in total. The predicted octanol–water partition coefficient (Wildman–Crippen LogP) is 2.41. The van der Waals surface area contributed by atoms with Gasteiger partial charge in [0.1, 0.15) is 5.75 Å². The summed E-state index contributed by atoms with van der Waals surface area (Å²) in [5, 5.41) is 3.31. The third kappa shape index (κ3) is 4.32. The Bertz CT molecular complexity index is 843. The van der Waals surface area contributed by atoms with Crippen LogP contribution in [0, 0.1) is 0 Å².